The van der Waals surface area contributed by atoms with Gasteiger partial charge in [-0.05, 0) is 29.8 Å². The molecule has 136 valence electrons. The van der Waals surface area contributed by atoms with Gasteiger partial charge in [0.25, 0.3) is 0 Å². The van der Waals surface area contributed by atoms with Crippen LogP contribution in [0, 0.1) is 5.41 Å². The van der Waals surface area contributed by atoms with Crippen LogP contribution in [0.15, 0.2) is 57.8 Å². The molecule has 0 fully saturated rings. The van der Waals surface area contributed by atoms with E-state index in [0.717, 1.165) is 0 Å². The Balaban J connectivity index is 1.88. The first-order chi connectivity index (χ1) is 12.4. The Morgan fingerprint density at radius 1 is 1.04 bits per heavy atom. The van der Waals surface area contributed by atoms with Crippen molar-refractivity contribution in [3.05, 3.63) is 59.6 Å². The van der Waals surface area contributed by atoms with Crippen LogP contribution >= 0.6 is 0 Å². The first-order valence-electron chi connectivity index (χ1n) is 7.72. The number of ether oxygens (including phenoxy) is 2. The summed E-state index contributed by atoms with van der Waals surface area (Å²) in [6, 6.07) is 13.5. The van der Waals surface area contributed by atoms with Crippen molar-refractivity contribution in [2.75, 3.05) is 14.2 Å². The number of para-hydroxylation sites is 1. The molecule has 0 bridgehead atoms. The van der Waals surface area contributed by atoms with Gasteiger partial charge in [-0.15, -0.1) is 0 Å². The molecule has 0 unspecified atom stereocenters. The van der Waals surface area contributed by atoms with Gasteiger partial charge in [0.1, 0.15) is 10.5 Å². The molecule has 3 rings (SSSR count). The van der Waals surface area contributed by atoms with Gasteiger partial charge in [-0.25, -0.2) is 13.1 Å². The molecule has 0 radical (unpaired) electrons. The fourth-order valence-corrected chi connectivity index (χ4v) is 3.59. The minimum absolute atomic E-state index is 0.0367. The van der Waals surface area contributed by atoms with Crippen LogP contribution in [0.5, 0.6) is 11.5 Å². The second-order valence-corrected chi connectivity index (χ2v) is 7.23. The molecule has 0 aliphatic rings. The summed E-state index contributed by atoms with van der Waals surface area (Å²) in [5, 5.41) is 8.49. The molecular formula is C18H18N2O5S. The number of benzene rings is 2. The Labute approximate surface area is 150 Å². The summed E-state index contributed by atoms with van der Waals surface area (Å²) in [4.78, 5) is -0.211. The lowest BCUT2D eigenvalue weighted by Gasteiger charge is -2.11. The zero-order valence-electron chi connectivity index (χ0n) is 14.3. The van der Waals surface area contributed by atoms with Crippen LogP contribution in [0.2, 0.25) is 0 Å². The molecule has 7 nitrogen and oxygen atoms in total. The first-order valence-corrected chi connectivity index (χ1v) is 9.21. The van der Waals surface area contributed by atoms with Crippen LogP contribution in [0.3, 0.4) is 0 Å². The molecule has 0 aliphatic heterocycles. The number of methoxy groups -OCH3 is 2. The van der Waals surface area contributed by atoms with E-state index in [9.17, 15) is 8.42 Å². The van der Waals surface area contributed by atoms with Crippen molar-refractivity contribution in [3.8, 4) is 11.5 Å². The Hall–Kier alpha value is -2.84. The van der Waals surface area contributed by atoms with Crippen molar-refractivity contribution < 1.29 is 22.3 Å². The zero-order valence-corrected chi connectivity index (χ0v) is 15.1. The SMILES string of the molecule is COc1ccc(CNS(=O)(=O)c2cc3ccccc3oc2=N)cc1OC. The number of hydrogen-bond acceptors (Lipinski definition) is 6. The number of hydrogen-bond donors (Lipinski definition) is 2. The van der Waals surface area contributed by atoms with Gasteiger partial charge in [0.05, 0.1) is 14.2 Å². The van der Waals surface area contributed by atoms with Crippen LogP contribution in [0.1, 0.15) is 5.56 Å². The highest BCUT2D eigenvalue weighted by atomic mass is 32.2. The van der Waals surface area contributed by atoms with Crippen molar-refractivity contribution in [2.45, 2.75) is 11.4 Å². The zero-order chi connectivity index (χ0) is 18.7. The predicted octanol–water partition coefficient (Wildman–Crippen LogP) is 2.41. The van der Waals surface area contributed by atoms with Gasteiger partial charge >= 0.3 is 0 Å². The van der Waals surface area contributed by atoms with Crippen molar-refractivity contribution in [1.82, 2.24) is 4.72 Å². The number of sulfonamides is 1. The van der Waals surface area contributed by atoms with Gasteiger partial charge in [0.2, 0.25) is 15.6 Å². The molecule has 0 spiro atoms. The van der Waals surface area contributed by atoms with Gasteiger partial charge in [-0.2, -0.15) is 0 Å². The van der Waals surface area contributed by atoms with Crippen molar-refractivity contribution in [2.24, 2.45) is 0 Å². The molecule has 1 aromatic heterocycles. The molecule has 0 aliphatic carbocycles. The Bertz CT molecular complexity index is 1110. The predicted molar refractivity (Wildman–Crippen MR) is 95.6 cm³/mol. The van der Waals surface area contributed by atoms with Gasteiger partial charge in [0, 0.05) is 11.9 Å². The second-order valence-electron chi connectivity index (χ2n) is 5.49. The van der Waals surface area contributed by atoms with Crippen molar-refractivity contribution >= 4 is 21.0 Å². The molecule has 2 N–H and O–H groups in total. The summed E-state index contributed by atoms with van der Waals surface area (Å²) < 4.78 is 43.4. The fraction of sp³-hybridized carbons (Fsp3) is 0.167. The summed E-state index contributed by atoms with van der Waals surface area (Å²) in [5.74, 6) is 1.06. The van der Waals surface area contributed by atoms with Crippen LogP contribution in [0.4, 0.5) is 0 Å². The minimum Gasteiger partial charge on any atom is -0.493 e. The molecule has 0 amide bonds. The lowest BCUT2D eigenvalue weighted by molar-refractivity contribution is 0.354. The Kier molecular flexibility index (Phi) is 4.97. The fourth-order valence-electron chi connectivity index (χ4n) is 2.51. The molecular weight excluding hydrogens is 356 g/mol. The highest BCUT2D eigenvalue weighted by Crippen LogP contribution is 2.27. The highest BCUT2D eigenvalue weighted by molar-refractivity contribution is 7.89. The Morgan fingerprint density at radius 2 is 1.77 bits per heavy atom. The number of nitrogens with one attached hydrogen (secondary N) is 2. The van der Waals surface area contributed by atoms with E-state index in [4.69, 9.17) is 19.3 Å². The monoisotopic (exact) mass is 374 g/mol. The molecule has 26 heavy (non-hydrogen) atoms. The van der Waals surface area contributed by atoms with E-state index >= 15 is 0 Å². The average molecular weight is 374 g/mol. The third-order valence-corrected chi connectivity index (χ3v) is 5.25. The van der Waals surface area contributed by atoms with Crippen LogP contribution in [-0.2, 0) is 16.6 Å². The number of rotatable bonds is 6. The van der Waals surface area contributed by atoms with E-state index in [1.807, 2.05) is 0 Å². The van der Waals surface area contributed by atoms with Gasteiger partial charge < -0.3 is 13.9 Å². The maximum Gasteiger partial charge on any atom is 0.246 e. The van der Waals surface area contributed by atoms with E-state index in [1.54, 1.807) is 42.5 Å². The van der Waals surface area contributed by atoms with Gasteiger partial charge in [0.15, 0.2) is 11.5 Å². The van der Waals surface area contributed by atoms with E-state index in [-0.39, 0.29) is 11.4 Å². The van der Waals surface area contributed by atoms with Gasteiger partial charge in [-0.3, -0.25) is 5.41 Å². The van der Waals surface area contributed by atoms with E-state index < -0.39 is 15.6 Å². The molecule has 3 aromatic rings. The molecule has 0 saturated carbocycles. The summed E-state index contributed by atoms with van der Waals surface area (Å²) in [5.41, 5.74) is 0.732. The summed E-state index contributed by atoms with van der Waals surface area (Å²) in [6.45, 7) is 0.0367. The maximum atomic E-state index is 12.6. The van der Waals surface area contributed by atoms with Crippen LogP contribution in [0.25, 0.3) is 11.0 Å². The van der Waals surface area contributed by atoms with Crippen molar-refractivity contribution in [1.29, 1.82) is 5.41 Å². The van der Waals surface area contributed by atoms with E-state index in [1.165, 1.54) is 20.3 Å². The third kappa shape index (κ3) is 3.56. The molecule has 0 atom stereocenters. The summed E-state index contributed by atoms with van der Waals surface area (Å²) in [6.07, 6.45) is 0. The average Bonchev–Trinajstić information content (AvgIpc) is 2.65. The molecule has 8 heteroatoms. The quantitative estimate of drug-likeness (QED) is 0.690. The largest absolute Gasteiger partial charge is 0.493 e. The number of fused-ring (bicyclic) bond motifs is 1. The summed E-state index contributed by atoms with van der Waals surface area (Å²) >= 11 is 0. The first kappa shape index (κ1) is 18.0. The minimum atomic E-state index is -3.92. The molecule has 0 saturated heterocycles. The Morgan fingerprint density at radius 3 is 2.50 bits per heavy atom. The third-order valence-electron chi connectivity index (χ3n) is 3.85. The van der Waals surface area contributed by atoms with E-state index in [2.05, 4.69) is 4.72 Å². The normalized spacial score (nSPS) is 11.5. The summed E-state index contributed by atoms with van der Waals surface area (Å²) in [7, 11) is -0.883. The lowest BCUT2D eigenvalue weighted by Crippen LogP contribution is -2.27. The van der Waals surface area contributed by atoms with E-state index in [0.29, 0.717) is 28.0 Å². The van der Waals surface area contributed by atoms with Crippen molar-refractivity contribution in [3.63, 3.8) is 0 Å². The standard InChI is InChI=1S/C18H18N2O5S/c1-23-15-8-7-12(9-16(15)24-2)11-20-26(21,22)17-10-13-5-3-4-6-14(13)25-18(17)19/h3-10,19-20H,11H2,1-2H3. The second kappa shape index (κ2) is 7.19. The van der Waals surface area contributed by atoms with Crippen LogP contribution < -0.4 is 19.7 Å². The lowest BCUT2D eigenvalue weighted by atomic mass is 10.2. The molecule has 2 aromatic carbocycles. The molecule has 1 heterocycles. The van der Waals surface area contributed by atoms with Crippen LogP contribution in [-0.4, -0.2) is 22.6 Å². The highest BCUT2D eigenvalue weighted by Gasteiger charge is 2.19. The van der Waals surface area contributed by atoms with Gasteiger partial charge in [-0.1, -0.05) is 24.3 Å². The smallest absolute Gasteiger partial charge is 0.246 e. The topological polar surface area (TPSA) is 102 Å². The maximum absolute atomic E-state index is 12.6.